The quantitative estimate of drug-likeness (QED) is 0.837. The van der Waals surface area contributed by atoms with Crippen LogP contribution < -0.4 is 4.90 Å². The number of pyridine rings is 1. The van der Waals surface area contributed by atoms with Crippen molar-refractivity contribution in [1.29, 1.82) is 0 Å². The Bertz CT molecular complexity index is 476. The van der Waals surface area contributed by atoms with Crippen LogP contribution in [0.25, 0.3) is 0 Å². The highest BCUT2D eigenvalue weighted by molar-refractivity contribution is 9.10. The van der Waals surface area contributed by atoms with Crippen LogP contribution in [0.4, 0.5) is 5.69 Å². The van der Waals surface area contributed by atoms with Gasteiger partial charge in [-0.05, 0) is 41.3 Å². The summed E-state index contributed by atoms with van der Waals surface area (Å²) in [6.07, 6.45) is 6.86. The lowest BCUT2D eigenvalue weighted by molar-refractivity contribution is -0.132. The highest BCUT2D eigenvalue weighted by atomic mass is 79.9. The minimum absolute atomic E-state index is 0.333. The van der Waals surface area contributed by atoms with Crippen molar-refractivity contribution in [3.05, 3.63) is 22.9 Å². The molecular formula is C14H18BrN3O. The van der Waals surface area contributed by atoms with Crippen LogP contribution in [0.2, 0.25) is 0 Å². The molecule has 1 amide bonds. The first-order chi connectivity index (χ1) is 9.25. The molecule has 4 nitrogen and oxygen atoms in total. The van der Waals surface area contributed by atoms with E-state index in [4.69, 9.17) is 0 Å². The van der Waals surface area contributed by atoms with Gasteiger partial charge in [-0.3, -0.25) is 9.78 Å². The van der Waals surface area contributed by atoms with Gasteiger partial charge >= 0.3 is 0 Å². The van der Waals surface area contributed by atoms with Crippen LogP contribution >= 0.6 is 15.9 Å². The molecule has 1 aliphatic carbocycles. The van der Waals surface area contributed by atoms with Crippen LogP contribution in [0.15, 0.2) is 22.9 Å². The van der Waals surface area contributed by atoms with Crippen molar-refractivity contribution in [2.24, 2.45) is 5.92 Å². The van der Waals surface area contributed by atoms with Gasteiger partial charge in [0, 0.05) is 44.5 Å². The average Bonchev–Trinajstić information content (AvgIpc) is 3.25. The van der Waals surface area contributed by atoms with Gasteiger partial charge in [-0.25, -0.2) is 0 Å². The molecule has 102 valence electrons. The molecule has 0 N–H and O–H groups in total. The number of rotatable bonds is 2. The maximum absolute atomic E-state index is 12.1. The highest BCUT2D eigenvalue weighted by Gasteiger charge is 2.33. The molecule has 0 atom stereocenters. The third kappa shape index (κ3) is 2.91. The second kappa shape index (κ2) is 5.49. The van der Waals surface area contributed by atoms with E-state index in [2.05, 4.69) is 25.8 Å². The Morgan fingerprint density at radius 3 is 2.84 bits per heavy atom. The molecule has 1 saturated heterocycles. The maximum Gasteiger partial charge on any atom is 0.225 e. The Morgan fingerprint density at radius 2 is 2.11 bits per heavy atom. The molecule has 19 heavy (non-hydrogen) atoms. The van der Waals surface area contributed by atoms with E-state index >= 15 is 0 Å². The first-order valence-corrected chi connectivity index (χ1v) is 7.68. The predicted molar refractivity (Wildman–Crippen MR) is 78.1 cm³/mol. The van der Waals surface area contributed by atoms with Crippen molar-refractivity contribution >= 4 is 27.5 Å². The molecule has 1 saturated carbocycles. The summed E-state index contributed by atoms with van der Waals surface area (Å²) in [6, 6.07) is 2.03. The molecule has 0 bridgehead atoms. The minimum atomic E-state index is 0.333. The average molecular weight is 324 g/mol. The van der Waals surface area contributed by atoms with Gasteiger partial charge in [0.1, 0.15) is 0 Å². The topological polar surface area (TPSA) is 36.4 Å². The summed E-state index contributed by atoms with van der Waals surface area (Å²) in [4.78, 5) is 20.6. The van der Waals surface area contributed by atoms with Crippen LogP contribution in [0.3, 0.4) is 0 Å². The first kappa shape index (κ1) is 12.9. The fraction of sp³-hybridized carbons (Fsp3) is 0.571. The van der Waals surface area contributed by atoms with E-state index in [-0.39, 0.29) is 0 Å². The molecule has 3 rings (SSSR count). The number of halogens is 1. The largest absolute Gasteiger partial charge is 0.369 e. The summed E-state index contributed by atoms with van der Waals surface area (Å²) in [7, 11) is 0. The Labute approximate surface area is 121 Å². The standard InChI is InChI=1S/C14H18BrN3O/c15-12-10-16-5-4-13(12)17-6-1-7-18(9-8-17)14(19)11-2-3-11/h4-5,10-11H,1-3,6-9H2. The fourth-order valence-electron chi connectivity index (χ4n) is 2.59. The molecule has 0 radical (unpaired) electrons. The van der Waals surface area contributed by atoms with E-state index in [0.29, 0.717) is 11.8 Å². The van der Waals surface area contributed by atoms with E-state index in [1.807, 2.05) is 23.4 Å². The third-order valence-corrected chi connectivity index (χ3v) is 4.44. The molecule has 1 aromatic heterocycles. The smallest absolute Gasteiger partial charge is 0.225 e. The normalized spacial score (nSPS) is 20.3. The van der Waals surface area contributed by atoms with Gasteiger partial charge in [0.25, 0.3) is 0 Å². The van der Waals surface area contributed by atoms with Crippen molar-refractivity contribution in [1.82, 2.24) is 9.88 Å². The molecule has 0 spiro atoms. The minimum Gasteiger partial charge on any atom is -0.369 e. The van der Waals surface area contributed by atoms with Crippen molar-refractivity contribution in [3.8, 4) is 0 Å². The van der Waals surface area contributed by atoms with Crippen LogP contribution in [0, 0.1) is 5.92 Å². The van der Waals surface area contributed by atoms with Gasteiger partial charge < -0.3 is 9.80 Å². The summed E-state index contributed by atoms with van der Waals surface area (Å²) in [5.74, 6) is 0.704. The Kier molecular flexibility index (Phi) is 3.73. The zero-order valence-corrected chi connectivity index (χ0v) is 12.5. The third-order valence-electron chi connectivity index (χ3n) is 3.83. The van der Waals surface area contributed by atoms with Crippen LogP contribution in [-0.4, -0.2) is 42.0 Å². The molecule has 1 aromatic rings. The second-order valence-electron chi connectivity index (χ2n) is 5.27. The summed E-state index contributed by atoms with van der Waals surface area (Å²) >= 11 is 3.55. The van der Waals surface area contributed by atoms with E-state index in [9.17, 15) is 4.79 Å². The van der Waals surface area contributed by atoms with Gasteiger partial charge in [0.05, 0.1) is 10.2 Å². The molecule has 0 unspecified atom stereocenters. The van der Waals surface area contributed by atoms with E-state index in [1.54, 1.807) is 0 Å². The second-order valence-corrected chi connectivity index (χ2v) is 6.12. The number of hydrogen-bond acceptors (Lipinski definition) is 3. The summed E-state index contributed by atoms with van der Waals surface area (Å²) in [5, 5.41) is 0. The van der Waals surface area contributed by atoms with Gasteiger partial charge in [0.15, 0.2) is 0 Å². The van der Waals surface area contributed by atoms with Crippen LogP contribution in [0.1, 0.15) is 19.3 Å². The van der Waals surface area contributed by atoms with Gasteiger partial charge in [-0.15, -0.1) is 0 Å². The number of aromatic nitrogens is 1. The van der Waals surface area contributed by atoms with E-state index in [0.717, 1.165) is 49.9 Å². The van der Waals surface area contributed by atoms with Crippen molar-refractivity contribution in [3.63, 3.8) is 0 Å². The lowest BCUT2D eigenvalue weighted by Crippen LogP contribution is -2.36. The molecule has 0 aromatic carbocycles. The number of carbonyl (C=O) groups is 1. The number of anilines is 1. The Hall–Kier alpha value is -1.10. The molecule has 5 heteroatoms. The number of hydrogen-bond donors (Lipinski definition) is 0. The lowest BCUT2D eigenvalue weighted by atomic mass is 10.3. The molecular weight excluding hydrogens is 306 g/mol. The molecule has 2 aliphatic rings. The molecule has 2 heterocycles. The number of carbonyl (C=O) groups excluding carboxylic acids is 1. The predicted octanol–water partition coefficient (Wildman–Crippen LogP) is 2.29. The molecule has 1 aliphatic heterocycles. The number of nitrogens with zero attached hydrogens (tertiary/aromatic N) is 3. The monoisotopic (exact) mass is 323 g/mol. The van der Waals surface area contributed by atoms with Crippen LogP contribution in [0.5, 0.6) is 0 Å². The summed E-state index contributed by atoms with van der Waals surface area (Å²) < 4.78 is 1.02. The lowest BCUT2D eigenvalue weighted by Gasteiger charge is -2.24. The van der Waals surface area contributed by atoms with Gasteiger partial charge in [-0.1, -0.05) is 0 Å². The summed E-state index contributed by atoms with van der Waals surface area (Å²) in [5.41, 5.74) is 1.18. The molecule has 2 fully saturated rings. The SMILES string of the molecule is O=C(C1CC1)N1CCCN(c2ccncc2Br)CC1. The number of amides is 1. The summed E-state index contributed by atoms with van der Waals surface area (Å²) in [6.45, 7) is 3.64. The van der Waals surface area contributed by atoms with Gasteiger partial charge in [0.2, 0.25) is 5.91 Å². The zero-order valence-electron chi connectivity index (χ0n) is 10.9. The van der Waals surface area contributed by atoms with E-state index in [1.165, 1.54) is 5.69 Å². The van der Waals surface area contributed by atoms with Crippen molar-refractivity contribution in [2.75, 3.05) is 31.1 Å². The first-order valence-electron chi connectivity index (χ1n) is 6.89. The van der Waals surface area contributed by atoms with Crippen LogP contribution in [-0.2, 0) is 4.79 Å². The Balaban J connectivity index is 1.67. The zero-order chi connectivity index (χ0) is 13.2. The Morgan fingerprint density at radius 1 is 1.26 bits per heavy atom. The van der Waals surface area contributed by atoms with Crippen molar-refractivity contribution in [2.45, 2.75) is 19.3 Å². The maximum atomic E-state index is 12.1. The van der Waals surface area contributed by atoms with E-state index < -0.39 is 0 Å². The fourth-order valence-corrected chi connectivity index (χ4v) is 3.09. The van der Waals surface area contributed by atoms with Crippen molar-refractivity contribution < 1.29 is 4.79 Å². The van der Waals surface area contributed by atoms with Gasteiger partial charge in [-0.2, -0.15) is 0 Å². The highest BCUT2D eigenvalue weighted by Crippen LogP contribution is 2.32.